The zero-order chi connectivity index (χ0) is 23.6. The van der Waals surface area contributed by atoms with Gasteiger partial charge in [0.2, 0.25) is 15.6 Å². The summed E-state index contributed by atoms with van der Waals surface area (Å²) in [6, 6.07) is 19.5. The van der Waals surface area contributed by atoms with Crippen LogP contribution in [0.15, 0.2) is 90.0 Å². The number of esters is 1. The van der Waals surface area contributed by atoms with E-state index >= 15 is 0 Å². The summed E-state index contributed by atoms with van der Waals surface area (Å²) in [6.45, 7) is 0. The first-order valence-electron chi connectivity index (χ1n) is 9.77. The Morgan fingerprint density at radius 2 is 1.48 bits per heavy atom. The number of fused-ring (bicyclic) bond motifs is 1. The molecule has 0 aliphatic rings. The number of alkyl halides is 2. The smallest absolute Gasteiger partial charge is 0.341 e. The van der Waals surface area contributed by atoms with Gasteiger partial charge < -0.3 is 9.72 Å². The van der Waals surface area contributed by atoms with E-state index in [9.17, 15) is 26.8 Å². The molecule has 1 N–H and O–H groups in total. The topological polar surface area (TPSA) is 93.3 Å². The molecule has 4 rings (SSSR count). The van der Waals surface area contributed by atoms with Gasteiger partial charge >= 0.3 is 11.7 Å². The summed E-state index contributed by atoms with van der Waals surface area (Å²) in [4.78, 5) is 28.6. The molecule has 1 unspecified atom stereocenters. The van der Waals surface area contributed by atoms with E-state index in [0.717, 1.165) is 29.8 Å². The third-order valence-corrected chi connectivity index (χ3v) is 6.47. The number of benzene rings is 3. The lowest BCUT2D eigenvalue weighted by Crippen LogP contribution is -2.20. The Bertz CT molecular complexity index is 1410. The summed E-state index contributed by atoms with van der Waals surface area (Å²) in [5.74, 6) is -4.94. The summed E-state index contributed by atoms with van der Waals surface area (Å²) in [7, 11) is -4.79. The lowest BCUT2D eigenvalue weighted by Gasteiger charge is -2.17. The number of ketones is 1. The standard InChI is InChI=1S/C24H17F2NO5S/c25-24(26)33(30,31)17-12-10-16(11-13-17)23(29)32-22(15-6-2-1-3-7-15)21(28)19-14-27-20-9-5-4-8-18(19)20/h1-14,22,24,27H. The highest BCUT2D eigenvalue weighted by Crippen LogP contribution is 2.28. The van der Waals surface area contributed by atoms with E-state index in [4.69, 9.17) is 4.74 Å². The number of hydrogen-bond donors (Lipinski definition) is 1. The van der Waals surface area contributed by atoms with E-state index in [2.05, 4.69) is 4.98 Å². The van der Waals surface area contributed by atoms with Crippen LogP contribution in [0.3, 0.4) is 0 Å². The third kappa shape index (κ3) is 4.40. The molecule has 0 saturated carbocycles. The molecule has 0 fully saturated rings. The number of rotatable bonds is 7. The molecule has 0 radical (unpaired) electrons. The number of carbonyl (C=O) groups excluding carboxylic acids is 2. The van der Waals surface area contributed by atoms with Crippen LogP contribution in [0.2, 0.25) is 0 Å². The van der Waals surface area contributed by atoms with E-state index < -0.39 is 38.3 Å². The summed E-state index contributed by atoms with van der Waals surface area (Å²) in [5.41, 5.74) is 1.44. The number of para-hydroxylation sites is 1. The zero-order valence-electron chi connectivity index (χ0n) is 16.9. The maximum absolute atomic E-state index is 13.4. The Balaban J connectivity index is 1.65. The molecule has 33 heavy (non-hydrogen) atoms. The molecular formula is C24H17F2NO5S. The number of hydrogen-bond acceptors (Lipinski definition) is 5. The Morgan fingerprint density at radius 3 is 2.15 bits per heavy atom. The maximum Gasteiger partial charge on any atom is 0.341 e. The summed E-state index contributed by atoms with van der Waals surface area (Å²) < 4.78 is 54.2. The van der Waals surface area contributed by atoms with Gasteiger partial charge in [-0.3, -0.25) is 4.79 Å². The number of H-pyrrole nitrogens is 1. The van der Waals surface area contributed by atoms with Gasteiger partial charge in [0.05, 0.1) is 10.5 Å². The highest BCUT2D eigenvalue weighted by atomic mass is 32.2. The molecule has 3 aromatic carbocycles. The third-order valence-electron chi connectivity index (χ3n) is 5.07. The molecule has 0 bridgehead atoms. The van der Waals surface area contributed by atoms with Crippen LogP contribution < -0.4 is 0 Å². The highest BCUT2D eigenvalue weighted by molar-refractivity contribution is 7.91. The fourth-order valence-electron chi connectivity index (χ4n) is 3.38. The van der Waals surface area contributed by atoms with Gasteiger partial charge in [-0.25, -0.2) is 13.2 Å². The van der Waals surface area contributed by atoms with Crippen molar-refractivity contribution in [2.45, 2.75) is 16.8 Å². The normalized spacial score (nSPS) is 12.6. The molecule has 1 heterocycles. The average Bonchev–Trinajstić information content (AvgIpc) is 3.27. The molecule has 0 amide bonds. The number of nitrogens with one attached hydrogen (secondary N) is 1. The molecule has 0 spiro atoms. The average molecular weight is 469 g/mol. The lowest BCUT2D eigenvalue weighted by molar-refractivity contribution is 0.0280. The SMILES string of the molecule is O=C(OC(C(=O)c1c[nH]c2ccccc12)c1ccccc1)c1ccc(S(=O)(=O)C(F)F)cc1. The van der Waals surface area contributed by atoms with Gasteiger partial charge in [0.15, 0.2) is 6.10 Å². The first kappa shape index (κ1) is 22.3. The number of aromatic amines is 1. The number of sulfone groups is 1. The van der Waals surface area contributed by atoms with Crippen molar-refractivity contribution in [3.05, 3.63) is 102 Å². The Morgan fingerprint density at radius 1 is 0.848 bits per heavy atom. The van der Waals surface area contributed by atoms with E-state index in [1.54, 1.807) is 48.7 Å². The van der Waals surface area contributed by atoms with Crippen LogP contribution in [-0.2, 0) is 14.6 Å². The minimum Gasteiger partial charge on any atom is -0.445 e. The van der Waals surface area contributed by atoms with Crippen LogP contribution in [0.4, 0.5) is 8.78 Å². The van der Waals surface area contributed by atoms with Crippen molar-refractivity contribution in [2.24, 2.45) is 0 Å². The van der Waals surface area contributed by atoms with Crippen LogP contribution in [0, 0.1) is 0 Å². The Labute approximate surface area is 187 Å². The van der Waals surface area contributed by atoms with E-state index in [-0.39, 0.29) is 5.56 Å². The minimum atomic E-state index is -4.79. The predicted octanol–water partition coefficient (Wildman–Crippen LogP) is 4.95. The maximum atomic E-state index is 13.4. The van der Waals surface area contributed by atoms with Gasteiger partial charge in [0.1, 0.15) is 0 Å². The second-order valence-electron chi connectivity index (χ2n) is 7.14. The summed E-state index contributed by atoms with van der Waals surface area (Å²) >= 11 is 0. The van der Waals surface area contributed by atoms with E-state index in [1.165, 1.54) is 0 Å². The lowest BCUT2D eigenvalue weighted by atomic mass is 9.99. The highest BCUT2D eigenvalue weighted by Gasteiger charge is 2.30. The number of carbonyl (C=O) groups is 2. The molecule has 168 valence electrons. The second-order valence-corrected chi connectivity index (χ2v) is 9.06. The van der Waals surface area contributed by atoms with E-state index in [0.29, 0.717) is 16.5 Å². The molecule has 0 aliphatic heterocycles. The molecule has 0 saturated heterocycles. The molecule has 4 aromatic rings. The predicted molar refractivity (Wildman–Crippen MR) is 117 cm³/mol. The second kappa shape index (κ2) is 8.95. The van der Waals surface area contributed by atoms with Crippen LogP contribution >= 0.6 is 0 Å². The van der Waals surface area contributed by atoms with Crippen molar-refractivity contribution in [1.82, 2.24) is 4.98 Å². The Kier molecular flexibility index (Phi) is 6.06. The first-order valence-corrected chi connectivity index (χ1v) is 11.3. The van der Waals surface area contributed by atoms with Gasteiger partial charge in [0, 0.05) is 28.2 Å². The monoisotopic (exact) mass is 469 g/mol. The zero-order valence-corrected chi connectivity index (χ0v) is 17.8. The quantitative estimate of drug-likeness (QED) is 0.306. The molecule has 1 atom stereocenters. The van der Waals surface area contributed by atoms with Crippen LogP contribution in [-0.4, -0.2) is 30.9 Å². The fourth-order valence-corrected chi connectivity index (χ4v) is 4.10. The van der Waals surface area contributed by atoms with Gasteiger partial charge in [-0.2, -0.15) is 8.78 Å². The minimum absolute atomic E-state index is 0.0872. The number of ether oxygens (including phenoxy) is 1. The van der Waals surface area contributed by atoms with Crippen molar-refractivity contribution < 1.29 is 31.5 Å². The van der Waals surface area contributed by atoms with E-state index in [1.807, 2.05) is 12.1 Å². The molecule has 6 nitrogen and oxygen atoms in total. The molecule has 0 aliphatic carbocycles. The van der Waals surface area contributed by atoms with Gasteiger partial charge in [-0.15, -0.1) is 0 Å². The number of aromatic nitrogens is 1. The van der Waals surface area contributed by atoms with Gasteiger partial charge in [0.25, 0.3) is 0 Å². The van der Waals surface area contributed by atoms with Crippen molar-refractivity contribution in [2.75, 3.05) is 0 Å². The van der Waals surface area contributed by atoms with Gasteiger partial charge in [-0.05, 0) is 30.3 Å². The van der Waals surface area contributed by atoms with Crippen LogP contribution in [0.5, 0.6) is 0 Å². The largest absolute Gasteiger partial charge is 0.445 e. The van der Waals surface area contributed by atoms with Crippen molar-refractivity contribution in [3.63, 3.8) is 0 Å². The molecule has 9 heteroatoms. The summed E-state index contributed by atoms with van der Waals surface area (Å²) in [6.07, 6.45) is 0.267. The fraction of sp³-hybridized carbons (Fsp3) is 0.0833. The van der Waals surface area contributed by atoms with Crippen molar-refractivity contribution in [1.29, 1.82) is 0 Å². The van der Waals surface area contributed by atoms with Crippen molar-refractivity contribution >= 4 is 32.5 Å². The van der Waals surface area contributed by atoms with Crippen LogP contribution in [0.1, 0.15) is 32.4 Å². The van der Waals surface area contributed by atoms with Crippen molar-refractivity contribution in [3.8, 4) is 0 Å². The summed E-state index contributed by atoms with van der Waals surface area (Å²) in [5, 5.41) is 0.668. The van der Waals surface area contributed by atoms with Gasteiger partial charge in [-0.1, -0.05) is 48.5 Å². The Hall–Kier alpha value is -3.85. The molecular weight excluding hydrogens is 452 g/mol. The number of Topliss-reactive ketones (excluding diaryl/α,β-unsaturated/α-hetero) is 1. The molecule has 1 aromatic heterocycles. The van der Waals surface area contributed by atoms with Crippen LogP contribution in [0.25, 0.3) is 10.9 Å². The number of halogens is 2. The first-order chi connectivity index (χ1) is 15.8.